The van der Waals surface area contributed by atoms with E-state index >= 15 is 0 Å². The number of phenolic OH excluding ortho intramolecular Hbond substituents is 1. The Morgan fingerprint density at radius 2 is 1.49 bits per heavy atom. The van der Waals surface area contributed by atoms with Crippen LogP contribution in [0.5, 0.6) is 5.75 Å². The number of ketones is 1. The second-order valence-corrected chi connectivity index (χ2v) is 8.24. The molecule has 3 heterocycles. The predicted molar refractivity (Wildman–Crippen MR) is 115 cm³/mol. The zero-order valence-corrected chi connectivity index (χ0v) is 17.9. The molecule has 182 valence electrons. The maximum Gasteiger partial charge on any atom is 0.490 e. The molecule has 4 unspecified atom stereocenters. The second-order valence-electron chi connectivity index (χ2n) is 8.24. The number of amides is 2. The third-order valence-electron chi connectivity index (χ3n) is 6.15. The summed E-state index contributed by atoms with van der Waals surface area (Å²) in [6, 6.07) is 14.8. The molecular formula is C24H19F3N2O6. The highest BCUT2D eigenvalue weighted by atomic mass is 19.4. The van der Waals surface area contributed by atoms with Crippen molar-refractivity contribution in [1.29, 1.82) is 0 Å². The highest BCUT2D eigenvalue weighted by Gasteiger charge is 2.64. The van der Waals surface area contributed by atoms with E-state index in [1.54, 1.807) is 18.2 Å². The van der Waals surface area contributed by atoms with E-state index in [0.29, 0.717) is 12.2 Å². The Balaban J connectivity index is 0.000000364. The zero-order valence-electron chi connectivity index (χ0n) is 17.9. The third-order valence-corrected chi connectivity index (χ3v) is 6.15. The molecular weight excluding hydrogens is 469 g/mol. The number of carboxylic acids is 1. The van der Waals surface area contributed by atoms with Gasteiger partial charge in [-0.2, -0.15) is 13.2 Å². The van der Waals surface area contributed by atoms with Crippen molar-refractivity contribution >= 4 is 29.3 Å². The van der Waals surface area contributed by atoms with Crippen LogP contribution in [0.1, 0.15) is 5.56 Å². The third kappa shape index (κ3) is 4.42. The van der Waals surface area contributed by atoms with Gasteiger partial charge in [0, 0.05) is 12.6 Å². The van der Waals surface area contributed by atoms with E-state index in [9.17, 15) is 32.7 Å². The first-order valence-electron chi connectivity index (χ1n) is 10.5. The van der Waals surface area contributed by atoms with Crippen LogP contribution >= 0.6 is 0 Å². The standard InChI is InChI=1S/C22H18N2O4.C2HF3O2/c25-15-8-6-14(7-9-15)24-21(27)18-16-10-11-17(26)20(19(18)22(24)28)23(16)12-13-4-2-1-3-5-13;3-2(4,5)1(6)7/h1-11,16,18-20,25H,12H2;(H,6,7). The van der Waals surface area contributed by atoms with E-state index in [-0.39, 0.29) is 29.4 Å². The molecule has 0 radical (unpaired) electrons. The number of carbonyl (C=O) groups excluding carboxylic acids is 3. The zero-order chi connectivity index (χ0) is 25.5. The van der Waals surface area contributed by atoms with Gasteiger partial charge >= 0.3 is 12.1 Å². The van der Waals surface area contributed by atoms with Gasteiger partial charge < -0.3 is 10.2 Å². The molecule has 4 atom stereocenters. The molecule has 0 aromatic heterocycles. The van der Waals surface area contributed by atoms with Crippen LogP contribution in [0.2, 0.25) is 0 Å². The van der Waals surface area contributed by atoms with Crippen LogP contribution in [0.3, 0.4) is 0 Å². The lowest BCUT2D eigenvalue weighted by Gasteiger charge is -2.33. The summed E-state index contributed by atoms with van der Waals surface area (Å²) in [5.41, 5.74) is 1.46. The summed E-state index contributed by atoms with van der Waals surface area (Å²) in [6.07, 6.45) is -1.81. The number of fused-ring (bicyclic) bond motifs is 5. The molecule has 2 aromatic carbocycles. The molecule has 3 aliphatic heterocycles. The number of benzene rings is 2. The van der Waals surface area contributed by atoms with Crippen molar-refractivity contribution in [3.05, 3.63) is 72.3 Å². The van der Waals surface area contributed by atoms with Gasteiger partial charge in [-0.15, -0.1) is 0 Å². The Kier molecular flexibility index (Phi) is 6.20. The molecule has 0 saturated carbocycles. The highest BCUT2D eigenvalue weighted by molar-refractivity contribution is 6.24. The monoisotopic (exact) mass is 488 g/mol. The summed E-state index contributed by atoms with van der Waals surface area (Å²) in [5.74, 6) is -4.71. The normalized spacial score (nSPS) is 25.3. The summed E-state index contributed by atoms with van der Waals surface area (Å²) in [7, 11) is 0. The van der Waals surface area contributed by atoms with Crippen LogP contribution in [0.15, 0.2) is 66.7 Å². The SMILES string of the molecule is O=C(O)C(F)(F)F.O=C1C=CC2C3C(=O)N(c4ccc(O)cc4)C(=O)C3C1N2Cc1ccccc1. The molecule has 2 fully saturated rings. The summed E-state index contributed by atoms with van der Waals surface area (Å²) in [6.45, 7) is 0.513. The quantitative estimate of drug-likeness (QED) is 0.638. The van der Waals surface area contributed by atoms with Gasteiger partial charge in [-0.05, 0) is 35.9 Å². The van der Waals surface area contributed by atoms with E-state index in [4.69, 9.17) is 9.90 Å². The minimum absolute atomic E-state index is 0.0621. The first-order chi connectivity index (χ1) is 16.5. The van der Waals surface area contributed by atoms with Gasteiger partial charge in [-0.1, -0.05) is 36.4 Å². The molecule has 3 aliphatic rings. The van der Waals surface area contributed by atoms with Crippen LogP contribution in [0.25, 0.3) is 0 Å². The predicted octanol–water partition coefficient (Wildman–Crippen LogP) is 2.52. The Labute approximate surface area is 196 Å². The molecule has 2 amide bonds. The van der Waals surface area contributed by atoms with Crippen LogP contribution in [-0.2, 0) is 25.7 Å². The van der Waals surface area contributed by atoms with Crippen molar-refractivity contribution in [3.8, 4) is 5.75 Å². The largest absolute Gasteiger partial charge is 0.508 e. The van der Waals surface area contributed by atoms with Crippen molar-refractivity contribution < 1.29 is 42.6 Å². The fourth-order valence-electron chi connectivity index (χ4n) is 4.72. The van der Waals surface area contributed by atoms with Crippen molar-refractivity contribution in [1.82, 2.24) is 4.90 Å². The Morgan fingerprint density at radius 1 is 0.914 bits per heavy atom. The molecule has 2 saturated heterocycles. The number of imide groups is 1. The average molecular weight is 488 g/mol. The van der Waals surface area contributed by atoms with E-state index in [1.165, 1.54) is 23.1 Å². The van der Waals surface area contributed by atoms with Crippen molar-refractivity contribution in [3.63, 3.8) is 0 Å². The Morgan fingerprint density at radius 3 is 2.06 bits per heavy atom. The van der Waals surface area contributed by atoms with Crippen molar-refractivity contribution in [2.45, 2.75) is 24.8 Å². The summed E-state index contributed by atoms with van der Waals surface area (Å²) >= 11 is 0. The lowest BCUT2D eigenvalue weighted by Crippen LogP contribution is -2.48. The van der Waals surface area contributed by atoms with E-state index in [2.05, 4.69) is 0 Å². The number of carbonyl (C=O) groups is 4. The van der Waals surface area contributed by atoms with Gasteiger partial charge in [-0.3, -0.25) is 19.3 Å². The lowest BCUT2D eigenvalue weighted by atomic mass is 9.90. The average Bonchev–Trinajstić information content (AvgIpc) is 3.18. The number of phenols is 1. The van der Waals surface area contributed by atoms with Gasteiger partial charge in [0.05, 0.1) is 23.6 Å². The fraction of sp³-hybridized carbons (Fsp3) is 0.250. The number of hydrogen-bond donors (Lipinski definition) is 2. The molecule has 8 nitrogen and oxygen atoms in total. The van der Waals surface area contributed by atoms with Gasteiger partial charge in [0.1, 0.15) is 5.75 Å². The summed E-state index contributed by atoms with van der Waals surface area (Å²) in [4.78, 5) is 51.1. The maximum absolute atomic E-state index is 13.2. The van der Waals surface area contributed by atoms with Crippen LogP contribution < -0.4 is 4.90 Å². The number of carboxylic acid groups (broad SMARTS) is 1. The summed E-state index contributed by atoms with van der Waals surface area (Å²) in [5, 5.41) is 16.6. The van der Waals surface area contributed by atoms with E-state index in [0.717, 1.165) is 5.56 Å². The molecule has 35 heavy (non-hydrogen) atoms. The number of nitrogens with zero attached hydrogens (tertiary/aromatic N) is 2. The Bertz CT molecular complexity index is 1200. The van der Waals surface area contributed by atoms with Gasteiger partial charge in [0.2, 0.25) is 11.8 Å². The molecule has 0 aliphatic carbocycles. The number of aliphatic carboxylic acids is 1. The van der Waals surface area contributed by atoms with Crippen molar-refractivity contribution in [2.24, 2.45) is 11.8 Å². The molecule has 2 bridgehead atoms. The minimum atomic E-state index is -5.08. The minimum Gasteiger partial charge on any atom is -0.508 e. The lowest BCUT2D eigenvalue weighted by molar-refractivity contribution is -0.192. The number of hydrogen-bond acceptors (Lipinski definition) is 6. The maximum atomic E-state index is 13.2. The number of alkyl halides is 3. The number of rotatable bonds is 3. The second kappa shape index (κ2) is 8.99. The van der Waals surface area contributed by atoms with Gasteiger partial charge in [-0.25, -0.2) is 9.69 Å². The highest BCUT2D eigenvalue weighted by Crippen LogP contribution is 2.47. The fourth-order valence-corrected chi connectivity index (χ4v) is 4.72. The van der Waals surface area contributed by atoms with Gasteiger partial charge in [0.15, 0.2) is 5.78 Å². The molecule has 11 heteroatoms. The van der Waals surface area contributed by atoms with E-state index < -0.39 is 30.0 Å². The van der Waals surface area contributed by atoms with Crippen LogP contribution in [0.4, 0.5) is 18.9 Å². The van der Waals surface area contributed by atoms with Gasteiger partial charge in [0.25, 0.3) is 0 Å². The molecule has 2 aromatic rings. The van der Waals surface area contributed by atoms with E-state index in [1.807, 2.05) is 35.2 Å². The molecule has 2 N–H and O–H groups in total. The smallest absolute Gasteiger partial charge is 0.490 e. The number of aromatic hydroxyl groups is 1. The number of halogens is 3. The van der Waals surface area contributed by atoms with Crippen LogP contribution in [0, 0.1) is 11.8 Å². The molecule has 5 rings (SSSR count). The first kappa shape index (κ1) is 24.1. The number of anilines is 1. The topological polar surface area (TPSA) is 115 Å². The van der Waals surface area contributed by atoms with Crippen molar-refractivity contribution in [2.75, 3.05) is 4.90 Å². The summed E-state index contributed by atoms with van der Waals surface area (Å²) < 4.78 is 31.7. The Hall–Kier alpha value is -3.99. The first-order valence-corrected chi connectivity index (χ1v) is 10.5. The molecule has 0 spiro atoms. The van der Waals surface area contributed by atoms with Crippen LogP contribution in [-0.4, -0.2) is 56.9 Å².